The molecule has 0 bridgehead atoms. The first kappa shape index (κ1) is 12.7. The van der Waals surface area contributed by atoms with Crippen molar-refractivity contribution >= 4 is 33.3 Å². The Balaban J connectivity index is 2.07. The van der Waals surface area contributed by atoms with Gasteiger partial charge in [-0.3, -0.25) is 0 Å². The van der Waals surface area contributed by atoms with Crippen LogP contribution in [0.3, 0.4) is 0 Å². The molecule has 1 spiro atoms. The molecule has 0 amide bonds. The molecule has 0 aromatic carbocycles. The number of nitrogens with one attached hydrogen (secondary N) is 1. The number of aliphatic hydroxyl groups is 1. The summed E-state index contributed by atoms with van der Waals surface area (Å²) in [7, 11) is 1.64. The van der Waals surface area contributed by atoms with E-state index in [1.54, 1.807) is 13.3 Å². The Morgan fingerprint density at radius 3 is 3.06 bits per heavy atom. The highest BCUT2D eigenvalue weighted by molar-refractivity contribution is 9.10. The Morgan fingerprint density at radius 1 is 1.61 bits per heavy atom. The molecular formula is C12H14BrClN2O2. The van der Waals surface area contributed by atoms with Crippen molar-refractivity contribution in [2.75, 3.05) is 19.0 Å². The van der Waals surface area contributed by atoms with Gasteiger partial charge in [-0.15, -0.1) is 0 Å². The van der Waals surface area contributed by atoms with Crippen LogP contribution >= 0.6 is 27.5 Å². The van der Waals surface area contributed by atoms with Crippen molar-refractivity contribution in [1.82, 2.24) is 4.98 Å². The van der Waals surface area contributed by atoms with Gasteiger partial charge in [0, 0.05) is 30.8 Å². The van der Waals surface area contributed by atoms with Gasteiger partial charge in [-0.05, 0) is 28.8 Å². The summed E-state index contributed by atoms with van der Waals surface area (Å²) in [5.41, 5.74) is 0.848. The number of halogens is 2. The molecule has 3 rings (SSSR count). The largest absolute Gasteiger partial charge is 0.390 e. The Hall–Kier alpha value is -0.360. The summed E-state index contributed by atoms with van der Waals surface area (Å²) in [6.45, 7) is 0.752. The van der Waals surface area contributed by atoms with Crippen molar-refractivity contribution in [2.24, 2.45) is 0 Å². The SMILES string of the molecule is CO[C@@H]1C[C@]2(CNc3ncc(Br)c(Cl)c32)C[C@H]1O. The lowest BCUT2D eigenvalue weighted by Gasteiger charge is -2.23. The first-order valence-corrected chi connectivity index (χ1v) is 7.04. The molecule has 18 heavy (non-hydrogen) atoms. The van der Waals surface area contributed by atoms with Crippen LogP contribution in [0, 0.1) is 0 Å². The van der Waals surface area contributed by atoms with Crippen LogP contribution in [-0.2, 0) is 10.2 Å². The predicted molar refractivity (Wildman–Crippen MR) is 73.2 cm³/mol. The van der Waals surface area contributed by atoms with E-state index in [1.807, 2.05) is 0 Å². The van der Waals surface area contributed by atoms with Gasteiger partial charge in [-0.1, -0.05) is 11.6 Å². The molecule has 0 unspecified atom stereocenters. The van der Waals surface area contributed by atoms with E-state index in [0.717, 1.165) is 28.8 Å². The van der Waals surface area contributed by atoms with Gasteiger partial charge in [0.05, 0.1) is 21.7 Å². The minimum absolute atomic E-state index is 0.132. The van der Waals surface area contributed by atoms with Crippen molar-refractivity contribution in [1.29, 1.82) is 0 Å². The second kappa shape index (κ2) is 4.34. The molecule has 1 aromatic heterocycles. The number of anilines is 1. The quantitative estimate of drug-likeness (QED) is 0.828. The smallest absolute Gasteiger partial charge is 0.131 e. The van der Waals surface area contributed by atoms with Gasteiger partial charge < -0.3 is 15.2 Å². The number of nitrogens with zero attached hydrogens (tertiary/aromatic N) is 1. The molecule has 2 heterocycles. The third-order valence-electron chi connectivity index (χ3n) is 4.02. The summed E-state index contributed by atoms with van der Waals surface area (Å²) in [4.78, 5) is 4.35. The molecule has 98 valence electrons. The number of pyridine rings is 1. The molecule has 0 radical (unpaired) electrons. The summed E-state index contributed by atoms with van der Waals surface area (Å²) in [5, 5.41) is 14.0. The first-order chi connectivity index (χ1) is 8.57. The molecule has 6 heteroatoms. The molecule has 1 aliphatic heterocycles. The van der Waals surface area contributed by atoms with Crippen molar-refractivity contribution in [3.8, 4) is 0 Å². The van der Waals surface area contributed by atoms with Gasteiger partial charge in [0.15, 0.2) is 0 Å². The number of methoxy groups -OCH3 is 1. The summed E-state index contributed by atoms with van der Waals surface area (Å²) in [6, 6.07) is 0. The topological polar surface area (TPSA) is 54.4 Å². The van der Waals surface area contributed by atoms with E-state index in [9.17, 15) is 5.11 Å². The van der Waals surface area contributed by atoms with Crippen LogP contribution < -0.4 is 5.32 Å². The van der Waals surface area contributed by atoms with Gasteiger partial charge in [-0.2, -0.15) is 0 Å². The second-order valence-electron chi connectivity index (χ2n) is 5.03. The van der Waals surface area contributed by atoms with E-state index in [2.05, 4.69) is 26.2 Å². The number of aromatic nitrogens is 1. The van der Waals surface area contributed by atoms with Gasteiger partial charge >= 0.3 is 0 Å². The fourth-order valence-corrected chi connectivity index (χ4v) is 3.79. The number of hydrogen-bond acceptors (Lipinski definition) is 4. The highest BCUT2D eigenvalue weighted by Crippen LogP contribution is 2.51. The third kappa shape index (κ3) is 1.68. The molecule has 4 nitrogen and oxygen atoms in total. The first-order valence-electron chi connectivity index (χ1n) is 5.86. The average molecular weight is 334 g/mol. The van der Waals surface area contributed by atoms with Crippen LogP contribution in [0.2, 0.25) is 5.02 Å². The Labute approximate surface area is 119 Å². The summed E-state index contributed by atoms with van der Waals surface area (Å²) < 4.78 is 6.14. The van der Waals surface area contributed by atoms with Crippen molar-refractivity contribution < 1.29 is 9.84 Å². The lowest BCUT2D eigenvalue weighted by atomic mass is 9.81. The van der Waals surface area contributed by atoms with E-state index < -0.39 is 6.10 Å². The molecule has 1 saturated carbocycles. The highest BCUT2D eigenvalue weighted by atomic mass is 79.9. The molecule has 1 fully saturated rings. The van der Waals surface area contributed by atoms with Crippen LogP contribution in [0.15, 0.2) is 10.7 Å². The maximum atomic E-state index is 10.1. The predicted octanol–water partition coefficient (Wildman–Crippen LogP) is 2.33. The van der Waals surface area contributed by atoms with Gasteiger partial charge in [0.2, 0.25) is 0 Å². The van der Waals surface area contributed by atoms with Crippen LogP contribution in [0.5, 0.6) is 0 Å². The Morgan fingerprint density at radius 2 is 2.39 bits per heavy atom. The Kier molecular flexibility index (Phi) is 3.05. The number of aliphatic hydroxyl groups excluding tert-OH is 1. The average Bonchev–Trinajstić information content (AvgIpc) is 2.86. The van der Waals surface area contributed by atoms with Gasteiger partial charge in [-0.25, -0.2) is 4.98 Å². The highest BCUT2D eigenvalue weighted by Gasteiger charge is 2.51. The molecule has 3 atom stereocenters. The molecule has 0 saturated heterocycles. The van der Waals surface area contributed by atoms with Crippen LogP contribution in [0.25, 0.3) is 0 Å². The van der Waals surface area contributed by atoms with Crippen LogP contribution in [0.1, 0.15) is 18.4 Å². The van der Waals surface area contributed by atoms with Crippen molar-refractivity contribution in [2.45, 2.75) is 30.5 Å². The van der Waals surface area contributed by atoms with E-state index in [4.69, 9.17) is 16.3 Å². The molecule has 1 aliphatic carbocycles. The summed E-state index contributed by atoms with van der Waals surface area (Å²) >= 11 is 9.81. The summed E-state index contributed by atoms with van der Waals surface area (Å²) in [5.74, 6) is 0.826. The lowest BCUT2D eigenvalue weighted by Crippen LogP contribution is -2.26. The molecular weight excluding hydrogens is 320 g/mol. The molecule has 1 aromatic rings. The van der Waals surface area contributed by atoms with E-state index >= 15 is 0 Å². The standard InChI is InChI=1S/C12H14BrClN2O2/c1-18-8-3-12(2-7(8)17)5-16-11-9(12)10(14)6(13)4-15-11/h4,7-8,17H,2-3,5H2,1H3,(H,15,16)/t7-,8-,12+/m1/s1. The fourth-order valence-electron chi connectivity index (χ4n) is 3.15. The van der Waals surface area contributed by atoms with Crippen molar-refractivity contribution in [3.05, 3.63) is 21.3 Å². The maximum Gasteiger partial charge on any atom is 0.131 e. The Bertz CT molecular complexity index is 499. The third-order valence-corrected chi connectivity index (χ3v) is 5.24. The van der Waals surface area contributed by atoms with Crippen molar-refractivity contribution in [3.63, 3.8) is 0 Å². The normalized spacial score (nSPS) is 33.8. The van der Waals surface area contributed by atoms with Crippen LogP contribution in [0.4, 0.5) is 5.82 Å². The minimum atomic E-state index is -0.446. The zero-order valence-electron chi connectivity index (χ0n) is 9.91. The monoisotopic (exact) mass is 332 g/mol. The zero-order valence-corrected chi connectivity index (χ0v) is 12.3. The molecule has 2 aliphatic rings. The van der Waals surface area contributed by atoms with Crippen LogP contribution in [-0.4, -0.2) is 36.0 Å². The number of hydrogen-bond donors (Lipinski definition) is 2. The fraction of sp³-hybridized carbons (Fsp3) is 0.583. The second-order valence-corrected chi connectivity index (χ2v) is 6.26. The minimum Gasteiger partial charge on any atom is -0.390 e. The molecule has 2 N–H and O–H groups in total. The lowest BCUT2D eigenvalue weighted by molar-refractivity contribution is 0.00973. The van der Waals surface area contributed by atoms with E-state index in [-0.39, 0.29) is 11.5 Å². The van der Waals surface area contributed by atoms with E-state index in [1.165, 1.54) is 0 Å². The zero-order chi connectivity index (χ0) is 12.9. The summed E-state index contributed by atoms with van der Waals surface area (Å²) in [6.07, 6.45) is 2.55. The number of fused-ring (bicyclic) bond motifs is 2. The van der Waals surface area contributed by atoms with E-state index in [0.29, 0.717) is 11.4 Å². The number of rotatable bonds is 1. The van der Waals surface area contributed by atoms with Gasteiger partial charge in [0.25, 0.3) is 0 Å². The number of ether oxygens (including phenoxy) is 1. The maximum absolute atomic E-state index is 10.1. The van der Waals surface area contributed by atoms with Gasteiger partial charge in [0.1, 0.15) is 5.82 Å².